The van der Waals surface area contributed by atoms with Crippen LogP contribution in [0.3, 0.4) is 0 Å². The van der Waals surface area contributed by atoms with Gasteiger partial charge in [0.25, 0.3) is 5.91 Å². The molecule has 0 saturated carbocycles. The summed E-state index contributed by atoms with van der Waals surface area (Å²) < 4.78 is 31.9. The molecule has 1 aliphatic heterocycles. The molecular weight excluding hydrogens is 354 g/mol. The van der Waals surface area contributed by atoms with Gasteiger partial charge in [0.05, 0.1) is 13.2 Å². The SMILES string of the molecule is CNS(=O)(=O)c1cc(C(=O)N2CCC[C@@H]2c2ccncc2)ccc1OC. The minimum Gasteiger partial charge on any atom is -0.495 e. The Morgan fingerprint density at radius 3 is 2.65 bits per heavy atom. The number of hydrogen-bond acceptors (Lipinski definition) is 5. The second-order valence-electron chi connectivity index (χ2n) is 6.01. The number of aromatic nitrogens is 1. The highest BCUT2D eigenvalue weighted by Gasteiger charge is 2.31. The lowest BCUT2D eigenvalue weighted by molar-refractivity contribution is 0.0735. The number of likely N-dealkylation sites (tertiary alicyclic amines) is 1. The highest BCUT2D eigenvalue weighted by molar-refractivity contribution is 7.89. The number of ether oxygens (including phenoxy) is 1. The highest BCUT2D eigenvalue weighted by atomic mass is 32.2. The predicted molar refractivity (Wildman–Crippen MR) is 96.5 cm³/mol. The van der Waals surface area contributed by atoms with Crippen LogP contribution in [0.5, 0.6) is 5.75 Å². The number of methoxy groups -OCH3 is 1. The standard InChI is InChI=1S/C18H21N3O4S/c1-19-26(23,24)17-12-14(5-6-16(17)25-2)18(22)21-11-3-4-15(21)13-7-9-20-10-8-13/h5-10,12,15,19H,3-4,11H2,1-2H3/t15-/m1/s1. The minimum absolute atomic E-state index is 0.0306. The van der Waals surface area contributed by atoms with Crippen molar-refractivity contribution in [1.29, 1.82) is 0 Å². The van der Waals surface area contributed by atoms with Crippen LogP contribution in [0.15, 0.2) is 47.6 Å². The van der Waals surface area contributed by atoms with Crippen molar-refractivity contribution in [2.45, 2.75) is 23.8 Å². The monoisotopic (exact) mass is 375 g/mol. The van der Waals surface area contributed by atoms with Crippen LogP contribution in [0, 0.1) is 0 Å². The summed E-state index contributed by atoms with van der Waals surface area (Å²) in [6.45, 7) is 0.631. The Labute approximate surface area is 153 Å². The maximum absolute atomic E-state index is 13.1. The Bertz CT molecular complexity index is 900. The fourth-order valence-corrected chi connectivity index (χ4v) is 4.16. The van der Waals surface area contributed by atoms with Gasteiger partial charge in [0.1, 0.15) is 10.6 Å². The number of nitrogens with zero attached hydrogens (tertiary/aromatic N) is 2. The molecule has 1 fully saturated rings. The average molecular weight is 375 g/mol. The quantitative estimate of drug-likeness (QED) is 0.863. The van der Waals surface area contributed by atoms with E-state index in [4.69, 9.17) is 4.74 Å². The molecule has 1 N–H and O–H groups in total. The van der Waals surface area contributed by atoms with Crippen LogP contribution in [0.25, 0.3) is 0 Å². The summed E-state index contributed by atoms with van der Waals surface area (Å²) in [4.78, 5) is 18.8. The van der Waals surface area contributed by atoms with E-state index >= 15 is 0 Å². The van der Waals surface area contributed by atoms with E-state index in [2.05, 4.69) is 9.71 Å². The third-order valence-corrected chi connectivity index (χ3v) is 6.01. The Morgan fingerprint density at radius 1 is 1.27 bits per heavy atom. The largest absolute Gasteiger partial charge is 0.495 e. The molecule has 1 atom stereocenters. The third-order valence-electron chi connectivity index (χ3n) is 4.57. The molecule has 3 rings (SSSR count). The van der Waals surface area contributed by atoms with Gasteiger partial charge in [-0.3, -0.25) is 9.78 Å². The summed E-state index contributed by atoms with van der Waals surface area (Å²) in [6, 6.07) is 8.25. The van der Waals surface area contributed by atoms with Crippen molar-refractivity contribution in [2.24, 2.45) is 0 Å². The van der Waals surface area contributed by atoms with Gasteiger partial charge in [-0.1, -0.05) is 0 Å². The Hall–Kier alpha value is -2.45. The van der Waals surface area contributed by atoms with Gasteiger partial charge < -0.3 is 9.64 Å². The van der Waals surface area contributed by atoms with Gasteiger partial charge in [-0.15, -0.1) is 0 Å². The van der Waals surface area contributed by atoms with Crippen LogP contribution >= 0.6 is 0 Å². The fourth-order valence-electron chi connectivity index (χ4n) is 3.24. The third kappa shape index (κ3) is 3.42. The van der Waals surface area contributed by atoms with E-state index < -0.39 is 10.0 Å². The molecule has 0 bridgehead atoms. The van der Waals surface area contributed by atoms with Crippen LogP contribution in [-0.4, -0.2) is 44.9 Å². The van der Waals surface area contributed by atoms with Gasteiger partial charge in [-0.2, -0.15) is 0 Å². The van der Waals surface area contributed by atoms with E-state index in [9.17, 15) is 13.2 Å². The zero-order chi connectivity index (χ0) is 18.7. The molecule has 1 amide bonds. The predicted octanol–water partition coefficient (Wildman–Crippen LogP) is 1.98. The minimum atomic E-state index is -3.74. The second kappa shape index (κ2) is 7.43. The zero-order valence-electron chi connectivity index (χ0n) is 14.7. The van der Waals surface area contributed by atoms with Crippen LogP contribution < -0.4 is 9.46 Å². The van der Waals surface area contributed by atoms with E-state index in [1.807, 2.05) is 12.1 Å². The summed E-state index contributed by atoms with van der Waals surface area (Å²) in [5, 5.41) is 0. The van der Waals surface area contributed by atoms with Gasteiger partial charge >= 0.3 is 0 Å². The molecule has 26 heavy (non-hydrogen) atoms. The summed E-state index contributed by atoms with van der Waals surface area (Å²) in [6.07, 6.45) is 5.19. The van der Waals surface area contributed by atoms with Gasteiger partial charge in [-0.05, 0) is 55.8 Å². The summed E-state index contributed by atoms with van der Waals surface area (Å²) in [5.74, 6) is 0.00234. The maximum Gasteiger partial charge on any atom is 0.254 e. The molecular formula is C18H21N3O4S. The maximum atomic E-state index is 13.1. The van der Waals surface area contributed by atoms with Crippen LogP contribution in [0.2, 0.25) is 0 Å². The van der Waals surface area contributed by atoms with Crippen molar-refractivity contribution in [3.63, 3.8) is 0 Å². The summed E-state index contributed by atoms with van der Waals surface area (Å²) in [7, 11) is -1.02. The first kappa shape index (κ1) is 18.3. The van der Waals surface area contributed by atoms with Gasteiger partial charge in [0.2, 0.25) is 10.0 Å². The molecule has 138 valence electrons. The van der Waals surface area contributed by atoms with Gasteiger partial charge in [0.15, 0.2) is 0 Å². The van der Waals surface area contributed by atoms with Crippen molar-refractivity contribution >= 4 is 15.9 Å². The molecule has 0 aliphatic carbocycles. The number of carbonyl (C=O) groups excluding carboxylic acids is 1. The molecule has 0 spiro atoms. The van der Waals surface area contributed by atoms with E-state index in [1.54, 1.807) is 23.4 Å². The van der Waals surface area contributed by atoms with Crippen LogP contribution in [0.4, 0.5) is 0 Å². The smallest absolute Gasteiger partial charge is 0.254 e. The number of sulfonamides is 1. The summed E-state index contributed by atoms with van der Waals surface area (Å²) in [5.41, 5.74) is 1.35. The lowest BCUT2D eigenvalue weighted by Crippen LogP contribution is -2.31. The second-order valence-corrected chi connectivity index (χ2v) is 7.87. The normalized spacial score (nSPS) is 17.3. The number of carbonyl (C=O) groups is 1. The van der Waals surface area contributed by atoms with Crippen molar-refractivity contribution in [3.8, 4) is 5.75 Å². The van der Waals surface area contributed by atoms with E-state index in [1.165, 1.54) is 26.3 Å². The molecule has 0 radical (unpaired) electrons. The number of pyridine rings is 1. The van der Waals surface area contributed by atoms with Crippen molar-refractivity contribution in [1.82, 2.24) is 14.6 Å². The Kier molecular flexibility index (Phi) is 5.24. The summed E-state index contributed by atoms with van der Waals surface area (Å²) >= 11 is 0. The first-order chi connectivity index (χ1) is 12.5. The number of rotatable bonds is 5. The molecule has 2 aromatic rings. The number of benzene rings is 1. The molecule has 2 heterocycles. The van der Waals surface area contributed by atoms with Gasteiger partial charge in [0, 0.05) is 24.5 Å². The molecule has 1 saturated heterocycles. The highest BCUT2D eigenvalue weighted by Crippen LogP contribution is 2.34. The zero-order valence-corrected chi connectivity index (χ0v) is 15.5. The number of nitrogens with one attached hydrogen (secondary N) is 1. The molecule has 8 heteroatoms. The number of hydrogen-bond donors (Lipinski definition) is 1. The Morgan fingerprint density at radius 2 is 2.00 bits per heavy atom. The topological polar surface area (TPSA) is 88.6 Å². The number of amides is 1. The van der Waals surface area contributed by atoms with E-state index in [0.717, 1.165) is 18.4 Å². The van der Waals surface area contributed by atoms with Gasteiger partial charge in [-0.25, -0.2) is 13.1 Å². The first-order valence-corrected chi connectivity index (χ1v) is 9.78. The van der Waals surface area contributed by atoms with Crippen molar-refractivity contribution < 1.29 is 17.9 Å². The molecule has 7 nitrogen and oxygen atoms in total. The first-order valence-electron chi connectivity index (χ1n) is 8.30. The lowest BCUT2D eigenvalue weighted by Gasteiger charge is -2.25. The van der Waals surface area contributed by atoms with E-state index in [-0.39, 0.29) is 22.6 Å². The average Bonchev–Trinajstić information content (AvgIpc) is 3.17. The van der Waals surface area contributed by atoms with Crippen molar-refractivity contribution in [2.75, 3.05) is 20.7 Å². The molecule has 1 aromatic carbocycles. The lowest BCUT2D eigenvalue weighted by atomic mass is 10.1. The molecule has 1 aromatic heterocycles. The molecule has 0 unspecified atom stereocenters. The van der Waals surface area contributed by atoms with E-state index in [0.29, 0.717) is 12.1 Å². The van der Waals surface area contributed by atoms with Crippen LogP contribution in [-0.2, 0) is 10.0 Å². The van der Waals surface area contributed by atoms with Crippen LogP contribution in [0.1, 0.15) is 34.8 Å². The molecule has 1 aliphatic rings. The Balaban J connectivity index is 1.96. The fraction of sp³-hybridized carbons (Fsp3) is 0.333. The van der Waals surface area contributed by atoms with Crippen molar-refractivity contribution in [3.05, 3.63) is 53.9 Å².